The molecule has 0 unspecified atom stereocenters. The van der Waals surface area contributed by atoms with Crippen LogP contribution in [0.1, 0.15) is 16.7 Å². The Morgan fingerprint density at radius 2 is 0.872 bits per heavy atom. The second kappa shape index (κ2) is 11.5. The molecule has 0 saturated carbocycles. The average molecular weight is 500 g/mol. The van der Waals surface area contributed by atoms with Crippen molar-refractivity contribution in [1.29, 1.82) is 0 Å². The summed E-state index contributed by atoms with van der Waals surface area (Å²) in [5.74, 6) is 0. The third kappa shape index (κ3) is 5.30. The molecule has 0 aliphatic carbocycles. The Hall–Kier alpha value is -5.14. The Morgan fingerprint density at radius 1 is 0.410 bits per heavy atom. The van der Waals surface area contributed by atoms with Crippen LogP contribution in [0.15, 0.2) is 170 Å². The third-order valence-electron chi connectivity index (χ3n) is 6.88. The molecule has 0 radical (unpaired) electrons. The van der Waals surface area contributed by atoms with Crippen LogP contribution in [0, 0.1) is 0 Å². The molecule has 0 amide bonds. The molecular weight excluding hydrogens is 470 g/mol. The van der Waals surface area contributed by atoms with E-state index in [1.807, 2.05) is 0 Å². The standard InChI is InChI=1S/C38H29N/c1-5-17-30(18-6-1)29-37(31-19-7-2-8-20-31)35-26-14-13-25-34(35)36-27-15-16-28-38(36)39(32-21-9-3-10-22-32)33-23-11-4-12-24-33/h1-29H. The van der Waals surface area contributed by atoms with Gasteiger partial charge in [-0.2, -0.15) is 0 Å². The molecule has 6 aromatic rings. The first kappa shape index (κ1) is 24.2. The van der Waals surface area contributed by atoms with Crippen LogP contribution in [0.3, 0.4) is 0 Å². The molecule has 6 rings (SSSR count). The van der Waals surface area contributed by atoms with Gasteiger partial charge in [-0.05, 0) is 64.2 Å². The molecule has 0 heterocycles. The van der Waals surface area contributed by atoms with E-state index in [4.69, 9.17) is 0 Å². The molecule has 0 aliphatic rings. The lowest BCUT2D eigenvalue weighted by Gasteiger charge is -2.28. The molecule has 0 fully saturated rings. The molecule has 0 spiro atoms. The lowest BCUT2D eigenvalue weighted by atomic mass is 9.88. The van der Waals surface area contributed by atoms with Crippen molar-refractivity contribution >= 4 is 28.7 Å². The highest BCUT2D eigenvalue weighted by molar-refractivity contribution is 5.99. The van der Waals surface area contributed by atoms with Crippen LogP contribution in [0.2, 0.25) is 0 Å². The second-order valence-electron chi connectivity index (χ2n) is 9.40. The molecule has 0 aliphatic heterocycles. The molecule has 39 heavy (non-hydrogen) atoms. The first-order valence-corrected chi connectivity index (χ1v) is 13.3. The summed E-state index contributed by atoms with van der Waals surface area (Å²) in [4.78, 5) is 2.34. The molecule has 1 nitrogen and oxygen atoms in total. The van der Waals surface area contributed by atoms with Gasteiger partial charge in [0.2, 0.25) is 0 Å². The maximum Gasteiger partial charge on any atom is 0.0540 e. The van der Waals surface area contributed by atoms with E-state index in [1.54, 1.807) is 0 Å². The minimum Gasteiger partial charge on any atom is -0.310 e. The van der Waals surface area contributed by atoms with Gasteiger partial charge in [0.05, 0.1) is 5.69 Å². The topological polar surface area (TPSA) is 3.24 Å². The van der Waals surface area contributed by atoms with Crippen LogP contribution in [-0.2, 0) is 0 Å². The van der Waals surface area contributed by atoms with Crippen LogP contribution in [0.4, 0.5) is 17.1 Å². The summed E-state index contributed by atoms with van der Waals surface area (Å²) in [7, 11) is 0. The number of rotatable bonds is 7. The zero-order chi connectivity index (χ0) is 26.3. The molecule has 0 N–H and O–H groups in total. The molecule has 6 aromatic carbocycles. The van der Waals surface area contributed by atoms with Crippen molar-refractivity contribution in [2.75, 3.05) is 4.90 Å². The molecule has 0 saturated heterocycles. The maximum atomic E-state index is 2.34. The Morgan fingerprint density at radius 3 is 1.49 bits per heavy atom. The lowest BCUT2D eigenvalue weighted by Crippen LogP contribution is -2.11. The Balaban J connectivity index is 1.58. The molecule has 186 valence electrons. The smallest absolute Gasteiger partial charge is 0.0540 e. The SMILES string of the molecule is C(=C(c1ccccc1)c1ccccc1-c1ccccc1N(c1ccccc1)c1ccccc1)c1ccccc1. The maximum absolute atomic E-state index is 2.34. The lowest BCUT2D eigenvalue weighted by molar-refractivity contribution is 1.28. The quantitative estimate of drug-likeness (QED) is 0.197. The van der Waals surface area contributed by atoms with Crippen molar-refractivity contribution in [2.24, 2.45) is 0 Å². The van der Waals surface area contributed by atoms with Crippen molar-refractivity contribution in [3.63, 3.8) is 0 Å². The van der Waals surface area contributed by atoms with E-state index in [-0.39, 0.29) is 0 Å². The first-order valence-electron chi connectivity index (χ1n) is 13.3. The summed E-state index contributed by atoms with van der Waals surface area (Å²) in [6.07, 6.45) is 2.29. The molecule has 0 aromatic heterocycles. The van der Waals surface area contributed by atoms with Crippen molar-refractivity contribution in [2.45, 2.75) is 0 Å². The van der Waals surface area contributed by atoms with Gasteiger partial charge in [-0.15, -0.1) is 0 Å². The van der Waals surface area contributed by atoms with Gasteiger partial charge < -0.3 is 4.90 Å². The Kier molecular flexibility index (Phi) is 7.14. The van der Waals surface area contributed by atoms with Gasteiger partial charge in [-0.25, -0.2) is 0 Å². The molecule has 1 heteroatoms. The number of para-hydroxylation sites is 3. The van der Waals surface area contributed by atoms with Crippen molar-refractivity contribution in [3.05, 3.63) is 187 Å². The first-order chi connectivity index (χ1) is 19.4. The molecular formula is C38H29N. The predicted octanol–water partition coefficient (Wildman–Crippen LogP) is 10.4. The summed E-state index contributed by atoms with van der Waals surface area (Å²) in [6.45, 7) is 0. The largest absolute Gasteiger partial charge is 0.310 e. The van der Waals surface area contributed by atoms with Gasteiger partial charge in [0, 0.05) is 16.9 Å². The molecule has 0 bridgehead atoms. The van der Waals surface area contributed by atoms with E-state index in [1.165, 1.54) is 33.4 Å². The average Bonchev–Trinajstić information content (AvgIpc) is 3.02. The monoisotopic (exact) mass is 499 g/mol. The number of benzene rings is 6. The van der Waals surface area contributed by atoms with E-state index in [2.05, 4.69) is 181 Å². The van der Waals surface area contributed by atoms with Crippen molar-refractivity contribution in [3.8, 4) is 11.1 Å². The Labute approximate surface area is 231 Å². The van der Waals surface area contributed by atoms with Gasteiger partial charge in [0.25, 0.3) is 0 Å². The van der Waals surface area contributed by atoms with Gasteiger partial charge >= 0.3 is 0 Å². The van der Waals surface area contributed by atoms with Crippen LogP contribution >= 0.6 is 0 Å². The summed E-state index contributed by atoms with van der Waals surface area (Å²) in [5.41, 5.74) is 10.5. The third-order valence-corrected chi connectivity index (χ3v) is 6.88. The van der Waals surface area contributed by atoms with Crippen LogP contribution in [-0.4, -0.2) is 0 Å². The van der Waals surface area contributed by atoms with E-state index in [0.29, 0.717) is 0 Å². The normalized spacial score (nSPS) is 11.2. The number of anilines is 3. The van der Waals surface area contributed by atoms with Gasteiger partial charge in [-0.3, -0.25) is 0 Å². The summed E-state index contributed by atoms with van der Waals surface area (Å²) >= 11 is 0. The van der Waals surface area contributed by atoms with E-state index >= 15 is 0 Å². The van der Waals surface area contributed by atoms with Gasteiger partial charge in [0.1, 0.15) is 0 Å². The van der Waals surface area contributed by atoms with Gasteiger partial charge in [0.15, 0.2) is 0 Å². The fraction of sp³-hybridized carbons (Fsp3) is 0. The van der Waals surface area contributed by atoms with Gasteiger partial charge in [-0.1, -0.05) is 140 Å². The number of nitrogens with zero attached hydrogens (tertiary/aromatic N) is 1. The van der Waals surface area contributed by atoms with E-state index < -0.39 is 0 Å². The van der Waals surface area contributed by atoms with E-state index in [0.717, 1.165) is 17.1 Å². The van der Waals surface area contributed by atoms with Crippen LogP contribution < -0.4 is 4.90 Å². The van der Waals surface area contributed by atoms with Crippen molar-refractivity contribution in [1.82, 2.24) is 0 Å². The minimum absolute atomic E-state index is 1.12. The zero-order valence-electron chi connectivity index (χ0n) is 21.7. The second-order valence-corrected chi connectivity index (χ2v) is 9.40. The predicted molar refractivity (Wildman–Crippen MR) is 166 cm³/mol. The number of hydrogen-bond acceptors (Lipinski definition) is 1. The zero-order valence-corrected chi connectivity index (χ0v) is 21.7. The molecule has 0 atom stereocenters. The fourth-order valence-corrected chi connectivity index (χ4v) is 5.08. The Bertz CT molecular complexity index is 1630. The highest BCUT2D eigenvalue weighted by atomic mass is 15.1. The highest BCUT2D eigenvalue weighted by Crippen LogP contribution is 2.43. The summed E-state index contributed by atoms with van der Waals surface area (Å²) < 4.78 is 0. The summed E-state index contributed by atoms with van der Waals surface area (Å²) in [6, 6.07) is 59.9. The fourth-order valence-electron chi connectivity index (χ4n) is 5.08. The number of hydrogen-bond donors (Lipinski definition) is 0. The van der Waals surface area contributed by atoms with E-state index in [9.17, 15) is 0 Å². The van der Waals surface area contributed by atoms with Crippen LogP contribution in [0.25, 0.3) is 22.8 Å². The highest BCUT2D eigenvalue weighted by Gasteiger charge is 2.19. The van der Waals surface area contributed by atoms with Crippen LogP contribution in [0.5, 0.6) is 0 Å². The van der Waals surface area contributed by atoms with Crippen molar-refractivity contribution < 1.29 is 0 Å². The summed E-state index contributed by atoms with van der Waals surface area (Å²) in [5, 5.41) is 0. The minimum atomic E-state index is 1.12.